The molecule has 3 fully saturated rings. The lowest BCUT2D eigenvalue weighted by molar-refractivity contribution is -0.949. The number of benzene rings is 2. The van der Waals surface area contributed by atoms with E-state index in [4.69, 9.17) is 4.74 Å². The Morgan fingerprint density at radius 1 is 1.19 bits per heavy atom. The number of esters is 1. The maximum Gasteiger partial charge on any atom is 0.339 e. The summed E-state index contributed by atoms with van der Waals surface area (Å²) in [7, 11) is 0. The molecule has 3 aliphatic rings. The Hall–Kier alpha value is -2.98. The zero-order chi connectivity index (χ0) is 21.4. The van der Waals surface area contributed by atoms with Gasteiger partial charge < -0.3 is 9.64 Å². The quantitative estimate of drug-likeness (QED) is 0.509. The van der Waals surface area contributed by atoms with Gasteiger partial charge in [-0.25, -0.2) is 4.79 Å². The molecule has 4 heteroatoms. The average Bonchev–Trinajstić information content (AvgIpc) is 2.82. The highest BCUT2D eigenvalue weighted by atomic mass is 16.5. The fourth-order valence-electron chi connectivity index (χ4n) is 5.60. The lowest BCUT2D eigenvalue weighted by Crippen LogP contribution is -3.20. The molecule has 3 saturated heterocycles. The van der Waals surface area contributed by atoms with Crippen molar-refractivity contribution in [2.45, 2.75) is 31.9 Å². The second kappa shape index (κ2) is 8.27. The predicted octanol–water partition coefficient (Wildman–Crippen LogP) is 3.92. The van der Waals surface area contributed by atoms with Crippen LogP contribution < -0.4 is 4.90 Å². The molecule has 3 aromatic rings. The summed E-state index contributed by atoms with van der Waals surface area (Å²) in [6, 6.07) is 18.1. The Morgan fingerprint density at radius 3 is 2.77 bits per heavy atom. The largest absolute Gasteiger partial charge is 0.447 e. The summed E-state index contributed by atoms with van der Waals surface area (Å²) >= 11 is 0. The molecule has 0 amide bonds. The van der Waals surface area contributed by atoms with Crippen molar-refractivity contribution in [3.63, 3.8) is 0 Å². The number of piperidine rings is 3. The van der Waals surface area contributed by atoms with Crippen molar-refractivity contribution in [2.75, 3.05) is 13.1 Å². The van der Waals surface area contributed by atoms with Crippen molar-refractivity contribution in [3.05, 3.63) is 90.1 Å². The van der Waals surface area contributed by atoms with Gasteiger partial charge in [0, 0.05) is 35.9 Å². The Labute approximate surface area is 183 Å². The van der Waals surface area contributed by atoms with Gasteiger partial charge in [0.15, 0.2) is 6.10 Å². The van der Waals surface area contributed by atoms with Crippen LogP contribution in [0.4, 0.5) is 0 Å². The van der Waals surface area contributed by atoms with Gasteiger partial charge in [-0.15, -0.1) is 6.58 Å². The van der Waals surface area contributed by atoms with E-state index in [2.05, 4.69) is 23.7 Å². The molecule has 2 bridgehead atoms. The topological polar surface area (TPSA) is 43.6 Å². The number of pyridine rings is 1. The monoisotopic (exact) mass is 413 g/mol. The van der Waals surface area contributed by atoms with Crippen LogP contribution >= 0.6 is 0 Å². The maximum atomic E-state index is 13.3. The first-order chi connectivity index (χ1) is 15.2. The summed E-state index contributed by atoms with van der Waals surface area (Å²) in [6.45, 7) is 8.22. The first kappa shape index (κ1) is 20.0. The first-order valence-electron chi connectivity index (χ1n) is 11.2. The van der Waals surface area contributed by atoms with E-state index in [-0.39, 0.29) is 18.1 Å². The SMILES string of the molecule is C=C[C@H]1C[NH+]2CC[C@H]1C[C@H]2[C@H](OC(=O)c1ccccc1C)c1ccnc2ccccc12. The van der Waals surface area contributed by atoms with Crippen molar-refractivity contribution in [1.82, 2.24) is 4.98 Å². The summed E-state index contributed by atoms with van der Waals surface area (Å²) in [4.78, 5) is 19.3. The van der Waals surface area contributed by atoms with E-state index in [1.807, 2.05) is 61.7 Å². The molecule has 1 N–H and O–H groups in total. The molecule has 31 heavy (non-hydrogen) atoms. The molecule has 4 heterocycles. The van der Waals surface area contributed by atoms with Crippen LogP contribution in [-0.2, 0) is 4.74 Å². The Bertz CT molecular complexity index is 1120. The number of ether oxygens (including phenoxy) is 1. The van der Waals surface area contributed by atoms with Gasteiger partial charge in [-0.3, -0.25) is 4.98 Å². The molecule has 5 atom stereocenters. The van der Waals surface area contributed by atoms with Crippen LogP contribution in [0.15, 0.2) is 73.4 Å². The molecule has 0 aliphatic carbocycles. The molecular formula is C27H29N2O2+. The Kier molecular flexibility index (Phi) is 5.33. The fourth-order valence-corrected chi connectivity index (χ4v) is 5.60. The second-order valence-corrected chi connectivity index (χ2v) is 8.96. The van der Waals surface area contributed by atoms with Gasteiger partial charge in [0.2, 0.25) is 0 Å². The number of para-hydroxylation sites is 1. The number of quaternary nitrogens is 1. The van der Waals surface area contributed by atoms with Crippen molar-refractivity contribution in [2.24, 2.45) is 11.8 Å². The number of aromatic nitrogens is 1. The highest BCUT2D eigenvalue weighted by Gasteiger charge is 2.47. The summed E-state index contributed by atoms with van der Waals surface area (Å²) < 4.78 is 6.36. The number of rotatable bonds is 5. The smallest absolute Gasteiger partial charge is 0.339 e. The molecule has 6 rings (SSSR count). The number of fused-ring (bicyclic) bond motifs is 4. The molecule has 0 spiro atoms. The van der Waals surface area contributed by atoms with Crippen LogP contribution in [0.1, 0.15) is 40.4 Å². The van der Waals surface area contributed by atoms with Crippen LogP contribution in [0.5, 0.6) is 0 Å². The van der Waals surface area contributed by atoms with Crippen LogP contribution in [0.3, 0.4) is 0 Å². The molecule has 158 valence electrons. The zero-order valence-corrected chi connectivity index (χ0v) is 18.0. The summed E-state index contributed by atoms with van der Waals surface area (Å²) in [6.07, 6.45) is 5.93. The molecule has 1 aromatic heterocycles. The summed E-state index contributed by atoms with van der Waals surface area (Å²) in [5, 5.41) is 1.06. The molecule has 0 saturated carbocycles. The van der Waals surface area contributed by atoms with Crippen molar-refractivity contribution < 1.29 is 14.4 Å². The fraction of sp³-hybridized carbons (Fsp3) is 0.333. The molecule has 2 aromatic carbocycles. The van der Waals surface area contributed by atoms with E-state index < -0.39 is 0 Å². The van der Waals surface area contributed by atoms with Crippen LogP contribution in [0.2, 0.25) is 0 Å². The van der Waals surface area contributed by atoms with Gasteiger partial charge in [0.1, 0.15) is 6.04 Å². The van der Waals surface area contributed by atoms with E-state index in [1.165, 1.54) is 11.3 Å². The van der Waals surface area contributed by atoms with Gasteiger partial charge >= 0.3 is 5.97 Å². The number of hydrogen-bond donors (Lipinski definition) is 1. The van der Waals surface area contributed by atoms with Gasteiger partial charge in [-0.05, 0) is 36.6 Å². The highest BCUT2D eigenvalue weighted by Crippen LogP contribution is 2.36. The minimum atomic E-state index is -0.302. The number of nitrogens with one attached hydrogen (secondary N) is 1. The number of aryl methyl sites for hydroxylation is 1. The Morgan fingerprint density at radius 2 is 2.00 bits per heavy atom. The van der Waals surface area contributed by atoms with Crippen LogP contribution in [0.25, 0.3) is 10.9 Å². The molecular weight excluding hydrogens is 384 g/mol. The Balaban J connectivity index is 1.55. The maximum absolute atomic E-state index is 13.3. The third-order valence-corrected chi connectivity index (χ3v) is 7.28. The van der Waals surface area contributed by atoms with Gasteiger partial charge in [-0.2, -0.15) is 0 Å². The van der Waals surface area contributed by atoms with Crippen molar-refractivity contribution in [1.29, 1.82) is 0 Å². The zero-order valence-electron chi connectivity index (χ0n) is 18.0. The lowest BCUT2D eigenvalue weighted by atomic mass is 9.73. The summed E-state index contributed by atoms with van der Waals surface area (Å²) in [5.41, 5.74) is 3.58. The molecule has 1 unspecified atom stereocenters. The lowest BCUT2D eigenvalue weighted by Gasteiger charge is -2.48. The van der Waals surface area contributed by atoms with E-state index in [9.17, 15) is 4.79 Å². The van der Waals surface area contributed by atoms with Crippen molar-refractivity contribution >= 4 is 16.9 Å². The standard InChI is InChI=1S/C27H28N2O2/c1-3-19-17-29-15-13-20(19)16-25(29)26(31-27(30)21-9-5-4-8-18(21)2)23-12-14-28-24-11-7-6-10-22(23)24/h3-12,14,19-20,25-26H,1,13,15-17H2,2H3/p+1/t19-,20-,25-,26+/m0/s1. The first-order valence-corrected chi connectivity index (χ1v) is 11.2. The van der Waals surface area contributed by atoms with E-state index in [1.54, 1.807) is 0 Å². The number of nitrogens with zero attached hydrogens (tertiary/aromatic N) is 1. The third-order valence-electron chi connectivity index (χ3n) is 7.28. The number of carbonyl (C=O) groups is 1. The third kappa shape index (κ3) is 3.66. The van der Waals surface area contributed by atoms with Crippen LogP contribution in [-0.4, -0.2) is 30.1 Å². The average molecular weight is 414 g/mol. The minimum absolute atomic E-state index is 0.244. The van der Waals surface area contributed by atoms with E-state index >= 15 is 0 Å². The number of carbonyl (C=O) groups excluding carboxylic acids is 1. The number of hydrogen-bond acceptors (Lipinski definition) is 3. The normalized spacial score (nSPS) is 25.8. The van der Waals surface area contributed by atoms with Crippen molar-refractivity contribution in [3.8, 4) is 0 Å². The second-order valence-electron chi connectivity index (χ2n) is 8.96. The predicted molar refractivity (Wildman–Crippen MR) is 122 cm³/mol. The minimum Gasteiger partial charge on any atom is -0.447 e. The van der Waals surface area contributed by atoms with E-state index in [0.717, 1.165) is 41.5 Å². The van der Waals surface area contributed by atoms with Crippen LogP contribution in [0, 0.1) is 18.8 Å². The van der Waals surface area contributed by atoms with Gasteiger partial charge in [0.05, 0.1) is 24.2 Å². The van der Waals surface area contributed by atoms with E-state index in [0.29, 0.717) is 17.4 Å². The van der Waals surface area contributed by atoms with Gasteiger partial charge in [0.25, 0.3) is 0 Å². The van der Waals surface area contributed by atoms with Gasteiger partial charge in [-0.1, -0.05) is 42.5 Å². The summed E-state index contributed by atoms with van der Waals surface area (Å²) in [5.74, 6) is 0.931. The highest BCUT2D eigenvalue weighted by molar-refractivity contribution is 5.91. The molecule has 0 radical (unpaired) electrons. The molecule has 4 nitrogen and oxygen atoms in total. The molecule has 3 aliphatic heterocycles.